The van der Waals surface area contributed by atoms with Gasteiger partial charge in [0.2, 0.25) is 5.91 Å². The number of hydrogen-bond donors (Lipinski definition) is 0. The Morgan fingerprint density at radius 3 is 2.29 bits per heavy atom. The summed E-state index contributed by atoms with van der Waals surface area (Å²) in [7, 11) is 3.26. The van der Waals surface area contributed by atoms with E-state index >= 15 is 0 Å². The van der Waals surface area contributed by atoms with Crippen LogP contribution in [0, 0.1) is 12.7 Å². The minimum Gasteiger partial charge on any atom is -0.464 e. The second kappa shape index (κ2) is 9.73. The van der Waals surface area contributed by atoms with Crippen LogP contribution in [0.5, 0.6) is 0 Å². The summed E-state index contributed by atoms with van der Waals surface area (Å²) in [5, 5.41) is 0. The van der Waals surface area contributed by atoms with Crippen molar-refractivity contribution in [3.63, 3.8) is 0 Å². The fraction of sp³-hybridized carbons (Fsp3) is 0.333. The van der Waals surface area contributed by atoms with Crippen LogP contribution in [0.4, 0.5) is 9.18 Å². The van der Waals surface area contributed by atoms with Crippen molar-refractivity contribution in [2.45, 2.75) is 20.0 Å². The third-order valence-corrected chi connectivity index (χ3v) is 4.11. The van der Waals surface area contributed by atoms with Gasteiger partial charge in [0.05, 0.1) is 6.54 Å². The zero-order valence-corrected chi connectivity index (χ0v) is 16.5. The van der Waals surface area contributed by atoms with Gasteiger partial charge in [-0.05, 0) is 36.8 Å². The minimum absolute atomic E-state index is 0.0933. The monoisotopic (exact) mass is 387 g/mol. The smallest absolute Gasteiger partial charge is 0.320 e. The number of benzene rings is 1. The molecule has 0 unspecified atom stereocenters. The molecule has 0 atom stereocenters. The molecule has 28 heavy (non-hydrogen) atoms. The number of nitrogens with zero attached hydrogens (tertiary/aromatic N) is 3. The fourth-order valence-corrected chi connectivity index (χ4v) is 2.71. The Kier molecular flexibility index (Phi) is 7.37. The number of halogens is 1. The second-order valence-electron chi connectivity index (χ2n) is 6.73. The average Bonchev–Trinajstić information content (AvgIpc) is 3.06. The van der Waals surface area contributed by atoms with Gasteiger partial charge < -0.3 is 19.1 Å². The number of amides is 3. The van der Waals surface area contributed by atoms with Gasteiger partial charge in [0.1, 0.15) is 23.9 Å². The van der Waals surface area contributed by atoms with Crippen LogP contribution in [0.15, 0.2) is 53.5 Å². The summed E-state index contributed by atoms with van der Waals surface area (Å²) in [6, 6.07) is 9.35. The zero-order chi connectivity index (χ0) is 20.7. The largest absolute Gasteiger partial charge is 0.464 e. The van der Waals surface area contributed by atoms with E-state index in [2.05, 4.69) is 6.58 Å². The molecule has 0 bridgehead atoms. The molecule has 0 aliphatic carbocycles. The number of carbonyl (C=O) groups excluding carboxylic acids is 2. The zero-order valence-electron chi connectivity index (χ0n) is 16.5. The molecule has 150 valence electrons. The van der Waals surface area contributed by atoms with Crippen LogP contribution in [0.2, 0.25) is 0 Å². The van der Waals surface area contributed by atoms with E-state index in [0.29, 0.717) is 5.76 Å². The van der Waals surface area contributed by atoms with Gasteiger partial charge in [0.15, 0.2) is 0 Å². The highest BCUT2D eigenvalue weighted by molar-refractivity contribution is 5.84. The molecule has 6 nitrogen and oxygen atoms in total. The predicted molar refractivity (Wildman–Crippen MR) is 105 cm³/mol. The number of aryl methyl sites for hydroxylation is 1. The maximum atomic E-state index is 13.2. The Labute approximate surface area is 164 Å². The first-order chi connectivity index (χ1) is 13.3. The Morgan fingerprint density at radius 1 is 1.07 bits per heavy atom. The van der Waals surface area contributed by atoms with Crippen molar-refractivity contribution >= 4 is 11.9 Å². The summed E-state index contributed by atoms with van der Waals surface area (Å²) >= 11 is 0. The van der Waals surface area contributed by atoms with Gasteiger partial charge in [0, 0.05) is 27.2 Å². The first-order valence-electron chi connectivity index (χ1n) is 8.94. The molecule has 0 radical (unpaired) electrons. The SMILES string of the molecule is C=CCN(CC(=O)N(Cc1ccc(F)cc1)Cc1ccc(C)o1)C(=O)N(C)C. The number of furan rings is 1. The lowest BCUT2D eigenvalue weighted by atomic mass is 10.2. The predicted octanol–water partition coefficient (Wildman–Crippen LogP) is 3.43. The molecule has 0 saturated heterocycles. The van der Waals surface area contributed by atoms with Gasteiger partial charge in [-0.1, -0.05) is 18.2 Å². The summed E-state index contributed by atoms with van der Waals surface area (Å²) in [6.45, 7) is 6.17. The van der Waals surface area contributed by atoms with E-state index in [9.17, 15) is 14.0 Å². The Morgan fingerprint density at radius 2 is 1.75 bits per heavy atom. The van der Waals surface area contributed by atoms with E-state index in [1.54, 1.807) is 37.2 Å². The molecule has 7 heteroatoms. The standard InChI is InChI=1S/C21H26FN3O3/c1-5-12-24(21(27)23(3)4)15-20(26)25(14-19-11-6-16(2)28-19)13-17-7-9-18(22)10-8-17/h5-11H,1,12-15H2,2-4H3. The highest BCUT2D eigenvalue weighted by atomic mass is 19.1. The number of hydrogen-bond acceptors (Lipinski definition) is 3. The molecule has 0 aliphatic heterocycles. The third kappa shape index (κ3) is 5.97. The van der Waals surface area contributed by atoms with Gasteiger partial charge in [-0.2, -0.15) is 0 Å². The molecule has 0 spiro atoms. The number of rotatable bonds is 8. The number of urea groups is 1. The van der Waals surface area contributed by atoms with Crippen LogP contribution in [-0.4, -0.2) is 53.8 Å². The van der Waals surface area contributed by atoms with Crippen LogP contribution in [0.1, 0.15) is 17.1 Å². The van der Waals surface area contributed by atoms with E-state index in [-0.39, 0.29) is 43.9 Å². The van der Waals surface area contributed by atoms with Gasteiger partial charge >= 0.3 is 6.03 Å². The van der Waals surface area contributed by atoms with Crippen molar-refractivity contribution in [3.8, 4) is 0 Å². The molecular weight excluding hydrogens is 361 g/mol. The van der Waals surface area contributed by atoms with E-state index in [1.165, 1.54) is 21.9 Å². The Balaban J connectivity index is 2.20. The molecule has 3 amide bonds. The van der Waals surface area contributed by atoms with E-state index in [1.807, 2.05) is 19.1 Å². The lowest BCUT2D eigenvalue weighted by Gasteiger charge is -2.28. The molecule has 0 saturated carbocycles. The number of carbonyl (C=O) groups is 2. The highest BCUT2D eigenvalue weighted by Gasteiger charge is 2.23. The third-order valence-electron chi connectivity index (χ3n) is 4.11. The first-order valence-corrected chi connectivity index (χ1v) is 8.94. The molecule has 2 aromatic rings. The lowest BCUT2D eigenvalue weighted by Crippen LogP contribution is -2.46. The molecule has 0 aliphatic rings. The fourth-order valence-electron chi connectivity index (χ4n) is 2.71. The highest BCUT2D eigenvalue weighted by Crippen LogP contribution is 2.14. The lowest BCUT2D eigenvalue weighted by molar-refractivity contribution is -0.133. The molecule has 0 N–H and O–H groups in total. The van der Waals surface area contributed by atoms with Crippen LogP contribution >= 0.6 is 0 Å². The van der Waals surface area contributed by atoms with E-state index in [0.717, 1.165) is 11.3 Å². The summed E-state index contributed by atoms with van der Waals surface area (Å²) in [6.07, 6.45) is 1.58. The average molecular weight is 387 g/mol. The van der Waals surface area contributed by atoms with Crippen molar-refractivity contribution in [2.24, 2.45) is 0 Å². The molecular formula is C21H26FN3O3. The Bertz CT molecular complexity index is 815. The van der Waals surface area contributed by atoms with Gasteiger partial charge in [0.25, 0.3) is 0 Å². The summed E-state index contributed by atoms with van der Waals surface area (Å²) in [5.41, 5.74) is 0.784. The van der Waals surface area contributed by atoms with Crippen LogP contribution < -0.4 is 0 Å². The minimum atomic E-state index is -0.336. The van der Waals surface area contributed by atoms with Crippen LogP contribution in [0.3, 0.4) is 0 Å². The molecule has 0 fully saturated rings. The first kappa shape index (κ1) is 21.2. The molecule has 1 aromatic heterocycles. The van der Waals surface area contributed by atoms with Crippen LogP contribution in [0.25, 0.3) is 0 Å². The topological polar surface area (TPSA) is 57.0 Å². The molecule has 2 rings (SSSR count). The van der Waals surface area contributed by atoms with Crippen molar-refractivity contribution in [3.05, 3.63) is 72.0 Å². The van der Waals surface area contributed by atoms with Gasteiger partial charge in [-0.25, -0.2) is 9.18 Å². The van der Waals surface area contributed by atoms with Crippen molar-refractivity contribution < 1.29 is 18.4 Å². The van der Waals surface area contributed by atoms with Crippen LogP contribution in [-0.2, 0) is 17.9 Å². The maximum absolute atomic E-state index is 13.2. The van der Waals surface area contributed by atoms with E-state index in [4.69, 9.17) is 4.42 Å². The van der Waals surface area contributed by atoms with Crippen molar-refractivity contribution in [1.29, 1.82) is 0 Å². The Hall–Kier alpha value is -3.09. The second-order valence-corrected chi connectivity index (χ2v) is 6.73. The van der Waals surface area contributed by atoms with E-state index < -0.39 is 0 Å². The normalized spacial score (nSPS) is 10.4. The molecule has 1 heterocycles. The summed E-state index contributed by atoms with van der Waals surface area (Å²) in [5.74, 6) is 0.815. The molecule has 1 aromatic carbocycles. The van der Waals surface area contributed by atoms with Gasteiger partial charge in [-0.15, -0.1) is 6.58 Å². The van der Waals surface area contributed by atoms with Crippen molar-refractivity contribution in [1.82, 2.24) is 14.7 Å². The summed E-state index contributed by atoms with van der Waals surface area (Å²) < 4.78 is 18.8. The maximum Gasteiger partial charge on any atom is 0.320 e. The quantitative estimate of drug-likeness (QED) is 0.652. The summed E-state index contributed by atoms with van der Waals surface area (Å²) in [4.78, 5) is 29.7. The van der Waals surface area contributed by atoms with Crippen molar-refractivity contribution in [2.75, 3.05) is 27.2 Å². The van der Waals surface area contributed by atoms with Gasteiger partial charge in [-0.3, -0.25) is 4.79 Å².